The molecule has 3 atom stereocenters. The number of fused-ring (bicyclic) bond motifs is 1. The fourth-order valence-electron chi connectivity index (χ4n) is 3.65. The molecule has 3 fully saturated rings. The van der Waals surface area contributed by atoms with Gasteiger partial charge in [-0.25, -0.2) is 4.98 Å². The van der Waals surface area contributed by atoms with Crippen LogP contribution in [-0.2, 0) is 21.8 Å². The number of aromatic amines is 1. The molecule has 3 N–H and O–H groups in total. The minimum Gasteiger partial charge on any atom is -0.394 e. The first-order valence-electron chi connectivity index (χ1n) is 10.4. The fraction of sp³-hybridized carbons (Fsp3) is 0.227. The van der Waals surface area contributed by atoms with E-state index >= 15 is 0 Å². The number of aliphatic hydroxyl groups excluding tert-OH is 2. The third kappa shape index (κ3) is 5.11. The van der Waals surface area contributed by atoms with Crippen LogP contribution in [0.25, 0.3) is 17.1 Å². The predicted molar refractivity (Wildman–Crippen MR) is 116 cm³/mol. The van der Waals surface area contributed by atoms with Gasteiger partial charge in [-0.3, -0.25) is 14.3 Å². The van der Waals surface area contributed by atoms with E-state index in [4.69, 9.17) is 4.74 Å². The smallest absolute Gasteiger partial charge is 0.394 e. The second kappa shape index (κ2) is 11.1. The molecule has 11 nitrogen and oxygen atoms in total. The van der Waals surface area contributed by atoms with Crippen molar-refractivity contribution in [1.29, 1.82) is 0 Å². The standard InChI is InChI=1S/C17H16N7O4.C5H5.Fe/c25-7-12-11(26)5-13(28-12)23-8-18-14-15(23)19-17(20-16(14)27)24-6-10(21-22-24)9-3-1-2-4-9;1-2-4-5-3-1;/h1-4,6,8,11-13,25-26H,5,7H2,(H,19,20,27);1-5H;/q;;+2/t11-,12+,13+;;/m0../s1. The number of rotatable bonds is 4. The quantitative estimate of drug-likeness (QED) is 0.426. The summed E-state index contributed by atoms with van der Waals surface area (Å²) in [6, 6.07) is 0. The van der Waals surface area contributed by atoms with Crippen LogP contribution in [0.2, 0.25) is 0 Å². The van der Waals surface area contributed by atoms with Crippen molar-refractivity contribution in [3.63, 3.8) is 0 Å². The van der Waals surface area contributed by atoms with Crippen LogP contribution in [0.15, 0.2) is 17.3 Å². The normalized spacial score (nSPS) is 24.8. The first-order chi connectivity index (χ1) is 16.1. The van der Waals surface area contributed by atoms with Gasteiger partial charge >= 0.3 is 17.1 Å². The van der Waals surface area contributed by atoms with Crippen molar-refractivity contribution in [2.45, 2.75) is 24.9 Å². The zero-order valence-electron chi connectivity index (χ0n) is 17.7. The first kappa shape index (κ1) is 25.0. The Kier molecular flexibility index (Phi) is 8.15. The summed E-state index contributed by atoms with van der Waals surface area (Å²) in [6.45, 7) is -0.299. The van der Waals surface area contributed by atoms with E-state index in [9.17, 15) is 15.0 Å². The van der Waals surface area contributed by atoms with Crippen molar-refractivity contribution in [3.05, 3.63) is 92.3 Å². The number of hydrogen-bond donors (Lipinski definition) is 3. The van der Waals surface area contributed by atoms with Gasteiger partial charge in [0.2, 0.25) is 5.95 Å². The Morgan fingerprint density at radius 3 is 2.47 bits per heavy atom. The molecule has 174 valence electrons. The SMILES string of the molecule is O=c1[nH]c(-n2cc([C]3[CH][CH][CH][CH]3)nn2)nc2c1ncn2[C@H]1C[C@H](O)[C@@H](CO)O1.[CH]1[CH][CH][CH][CH]1.[Fe+2]. The van der Waals surface area contributed by atoms with E-state index in [1.54, 1.807) is 10.8 Å². The van der Waals surface area contributed by atoms with Crippen molar-refractivity contribution in [2.75, 3.05) is 6.61 Å². The van der Waals surface area contributed by atoms with Gasteiger partial charge in [-0.2, -0.15) is 9.67 Å². The van der Waals surface area contributed by atoms with Gasteiger partial charge < -0.3 is 14.9 Å². The molecule has 12 heteroatoms. The molecule has 3 aromatic heterocycles. The molecule has 1 saturated heterocycles. The second-order valence-corrected chi connectivity index (χ2v) is 7.51. The largest absolute Gasteiger partial charge is 2.00 e. The van der Waals surface area contributed by atoms with E-state index in [2.05, 4.69) is 25.3 Å². The zero-order valence-corrected chi connectivity index (χ0v) is 18.8. The molecule has 3 aromatic rings. The van der Waals surface area contributed by atoms with Crippen LogP contribution < -0.4 is 5.56 Å². The van der Waals surface area contributed by atoms with E-state index in [0.717, 1.165) is 5.92 Å². The van der Waals surface area contributed by atoms with E-state index in [-0.39, 0.29) is 41.6 Å². The molecule has 1 aliphatic heterocycles. The molecule has 4 heterocycles. The Morgan fingerprint density at radius 2 is 1.82 bits per heavy atom. The van der Waals surface area contributed by atoms with Crippen molar-refractivity contribution in [2.24, 2.45) is 0 Å². The molecular weight excluding hydrogens is 482 g/mol. The van der Waals surface area contributed by atoms with E-state index in [0.29, 0.717) is 11.3 Å². The summed E-state index contributed by atoms with van der Waals surface area (Å²) in [5.74, 6) is 1.09. The number of aromatic nitrogens is 7. The van der Waals surface area contributed by atoms with Crippen LogP contribution in [0.3, 0.4) is 0 Å². The summed E-state index contributed by atoms with van der Waals surface area (Å²) in [5, 5.41) is 27.4. The molecule has 0 aromatic carbocycles. The Bertz CT molecular complexity index is 1130. The van der Waals surface area contributed by atoms with Gasteiger partial charge in [-0.05, 0) is 57.8 Å². The number of aliphatic hydroxyl groups is 2. The van der Waals surface area contributed by atoms with Crippen molar-refractivity contribution >= 4 is 11.2 Å². The van der Waals surface area contributed by atoms with Crippen LogP contribution in [0.4, 0.5) is 0 Å². The van der Waals surface area contributed by atoms with Crippen LogP contribution in [0.1, 0.15) is 18.3 Å². The van der Waals surface area contributed by atoms with Crippen LogP contribution in [0, 0.1) is 63.7 Å². The number of H-pyrrole nitrogens is 1. The van der Waals surface area contributed by atoms with Crippen molar-refractivity contribution in [3.8, 4) is 5.95 Å². The van der Waals surface area contributed by atoms with E-state index in [1.165, 1.54) is 11.0 Å². The minimum atomic E-state index is -0.809. The van der Waals surface area contributed by atoms with E-state index in [1.807, 2.05) is 57.8 Å². The maximum atomic E-state index is 12.5. The molecule has 2 saturated carbocycles. The van der Waals surface area contributed by atoms with E-state index < -0.39 is 24.0 Å². The maximum Gasteiger partial charge on any atom is 2.00 e. The zero-order chi connectivity index (χ0) is 22.8. The summed E-state index contributed by atoms with van der Waals surface area (Å²) >= 11 is 0. The molecule has 0 unspecified atom stereocenters. The van der Waals surface area contributed by atoms with Crippen molar-refractivity contribution in [1.82, 2.24) is 34.5 Å². The molecular formula is C22H21FeN7O4+2. The topological polar surface area (TPSA) is 144 Å². The average molecular weight is 503 g/mol. The Morgan fingerprint density at radius 1 is 1.12 bits per heavy atom. The molecule has 0 amide bonds. The average Bonchev–Trinajstić information content (AvgIpc) is 3.64. The van der Waals surface area contributed by atoms with Gasteiger partial charge in [0.15, 0.2) is 11.2 Å². The summed E-state index contributed by atoms with van der Waals surface area (Å²) in [4.78, 5) is 23.7. The van der Waals surface area contributed by atoms with Gasteiger partial charge in [-0.15, -0.1) is 5.10 Å². The first-order valence-corrected chi connectivity index (χ1v) is 10.4. The molecule has 0 spiro atoms. The molecule has 0 bridgehead atoms. The summed E-state index contributed by atoms with van der Waals surface area (Å²) in [5.41, 5.74) is 0.654. The maximum absolute atomic E-state index is 12.5. The van der Waals surface area contributed by atoms with Crippen LogP contribution in [0.5, 0.6) is 0 Å². The molecule has 2 aliphatic carbocycles. The number of nitrogens with one attached hydrogen (secondary N) is 1. The predicted octanol–water partition coefficient (Wildman–Crippen LogP) is 0.113. The van der Waals surface area contributed by atoms with Gasteiger partial charge in [0.05, 0.1) is 30.9 Å². The van der Waals surface area contributed by atoms with Crippen molar-refractivity contribution < 1.29 is 32.0 Å². The van der Waals surface area contributed by atoms with Gasteiger partial charge in [0.25, 0.3) is 5.56 Å². The molecule has 6 rings (SSSR count). The summed E-state index contributed by atoms with van der Waals surface area (Å²) in [7, 11) is 0. The number of nitrogens with zero attached hydrogens (tertiary/aromatic N) is 6. The third-order valence-corrected chi connectivity index (χ3v) is 5.34. The number of imidazole rings is 1. The van der Waals surface area contributed by atoms with Gasteiger partial charge in [0, 0.05) is 12.3 Å². The van der Waals surface area contributed by atoms with Gasteiger partial charge in [0.1, 0.15) is 12.3 Å². The Balaban J connectivity index is 0.000000407. The van der Waals surface area contributed by atoms with Gasteiger partial charge in [-0.1, -0.05) is 5.21 Å². The number of hydrogen-bond acceptors (Lipinski definition) is 8. The molecule has 34 heavy (non-hydrogen) atoms. The van der Waals surface area contributed by atoms with Crippen LogP contribution >= 0.6 is 0 Å². The monoisotopic (exact) mass is 503 g/mol. The Labute approximate surface area is 207 Å². The van der Waals surface area contributed by atoms with Crippen LogP contribution in [-0.4, -0.2) is 63.5 Å². The summed E-state index contributed by atoms with van der Waals surface area (Å²) in [6.07, 6.45) is 18.9. The summed E-state index contributed by atoms with van der Waals surface area (Å²) < 4.78 is 8.60. The Hall–Kier alpha value is -2.11. The molecule has 10 radical (unpaired) electrons. The molecule has 3 aliphatic rings. The fourth-order valence-corrected chi connectivity index (χ4v) is 3.65. The third-order valence-electron chi connectivity index (χ3n) is 5.34. The second-order valence-electron chi connectivity index (χ2n) is 7.51. The minimum absolute atomic E-state index is 0. The number of ether oxygens (including phenoxy) is 1.